The molecule has 1 aromatic carbocycles. The lowest BCUT2D eigenvalue weighted by Crippen LogP contribution is -2.13. The third kappa shape index (κ3) is 2.03. The predicted octanol–water partition coefficient (Wildman–Crippen LogP) is 4.06. The molecule has 0 saturated heterocycles. The number of hydrogen-bond donors (Lipinski definition) is 0. The molecule has 15 heavy (non-hydrogen) atoms. The van der Waals surface area contributed by atoms with E-state index in [1.54, 1.807) is 23.9 Å². The molecule has 1 unspecified atom stereocenters. The largest absolute Gasteiger partial charge is 0.294 e. The van der Waals surface area contributed by atoms with Gasteiger partial charge in [0.1, 0.15) is 0 Å². The lowest BCUT2D eigenvalue weighted by atomic mass is 9.97. The number of fused-ring (bicyclic) bond motifs is 1. The molecule has 1 aliphatic heterocycles. The minimum atomic E-state index is 0.0206. The van der Waals surface area contributed by atoms with Gasteiger partial charge in [0.25, 0.3) is 0 Å². The summed E-state index contributed by atoms with van der Waals surface area (Å²) in [6.45, 7) is 1.93. The van der Waals surface area contributed by atoms with Crippen LogP contribution in [-0.4, -0.2) is 11.5 Å². The number of halogens is 2. The van der Waals surface area contributed by atoms with Crippen LogP contribution in [0.1, 0.15) is 22.8 Å². The minimum Gasteiger partial charge on any atom is -0.294 e. The van der Waals surface area contributed by atoms with Crippen molar-refractivity contribution in [2.45, 2.75) is 12.7 Å². The Hall–Kier alpha value is -0.180. The molecule has 2 rings (SSSR count). The van der Waals surface area contributed by atoms with Crippen molar-refractivity contribution in [2.75, 3.05) is 5.75 Å². The van der Waals surface area contributed by atoms with Gasteiger partial charge in [0.15, 0.2) is 5.78 Å². The molecule has 0 bridgehead atoms. The smallest absolute Gasteiger partial charge is 0.168 e. The van der Waals surface area contributed by atoms with Crippen molar-refractivity contribution in [1.82, 2.24) is 0 Å². The van der Waals surface area contributed by atoms with Crippen molar-refractivity contribution in [2.24, 2.45) is 5.92 Å². The summed E-state index contributed by atoms with van der Waals surface area (Å²) in [6, 6.07) is 3.45. The van der Waals surface area contributed by atoms with E-state index in [0.29, 0.717) is 15.6 Å². The van der Waals surface area contributed by atoms with Crippen LogP contribution in [0.5, 0.6) is 0 Å². The maximum Gasteiger partial charge on any atom is 0.168 e. The highest BCUT2D eigenvalue weighted by Gasteiger charge is 2.25. The van der Waals surface area contributed by atoms with Crippen LogP contribution in [-0.2, 0) is 5.75 Å². The van der Waals surface area contributed by atoms with Crippen molar-refractivity contribution in [3.8, 4) is 0 Å². The van der Waals surface area contributed by atoms with Gasteiger partial charge in [0, 0.05) is 28.0 Å². The molecule has 0 saturated carbocycles. The highest BCUT2D eigenvalue weighted by atomic mass is 35.5. The number of rotatable bonds is 0. The van der Waals surface area contributed by atoms with Crippen molar-refractivity contribution in [1.29, 1.82) is 0 Å². The van der Waals surface area contributed by atoms with Gasteiger partial charge in [-0.1, -0.05) is 30.1 Å². The van der Waals surface area contributed by atoms with E-state index in [-0.39, 0.29) is 11.7 Å². The molecule has 0 N–H and O–H groups in total. The van der Waals surface area contributed by atoms with Crippen LogP contribution in [0.4, 0.5) is 0 Å². The molecule has 1 atom stereocenters. The Morgan fingerprint density at radius 1 is 1.33 bits per heavy atom. The zero-order chi connectivity index (χ0) is 11.0. The maximum absolute atomic E-state index is 12.1. The molecule has 4 heteroatoms. The fourth-order valence-corrected chi connectivity index (χ4v) is 3.36. The molecule has 0 amide bonds. The van der Waals surface area contributed by atoms with Gasteiger partial charge < -0.3 is 0 Å². The maximum atomic E-state index is 12.1. The van der Waals surface area contributed by atoms with Gasteiger partial charge in [-0.25, -0.2) is 0 Å². The Labute approximate surface area is 103 Å². The molecule has 0 spiro atoms. The minimum absolute atomic E-state index is 0.0206. The third-order valence-electron chi connectivity index (χ3n) is 2.51. The first-order valence-corrected chi connectivity index (χ1v) is 6.61. The van der Waals surface area contributed by atoms with E-state index < -0.39 is 0 Å². The van der Waals surface area contributed by atoms with Crippen molar-refractivity contribution in [3.05, 3.63) is 33.3 Å². The summed E-state index contributed by atoms with van der Waals surface area (Å²) >= 11 is 13.9. The summed E-state index contributed by atoms with van der Waals surface area (Å²) in [6.07, 6.45) is 0. The SMILES string of the molecule is CC1CSCc2c(Cl)ccc(Cl)c2C1=O. The number of carbonyl (C=O) groups is 1. The quantitative estimate of drug-likeness (QED) is 0.700. The normalized spacial score (nSPS) is 21.0. The average Bonchev–Trinajstić information content (AvgIpc) is 2.35. The van der Waals surface area contributed by atoms with Crippen LogP contribution in [0.3, 0.4) is 0 Å². The summed E-state index contributed by atoms with van der Waals surface area (Å²) in [5.41, 5.74) is 1.52. The third-order valence-corrected chi connectivity index (χ3v) is 4.41. The summed E-state index contributed by atoms with van der Waals surface area (Å²) < 4.78 is 0. The molecule has 1 aromatic rings. The summed E-state index contributed by atoms with van der Waals surface area (Å²) in [7, 11) is 0. The van der Waals surface area contributed by atoms with Crippen molar-refractivity contribution in [3.63, 3.8) is 0 Å². The summed E-state index contributed by atoms with van der Waals surface area (Å²) in [4.78, 5) is 12.1. The monoisotopic (exact) mass is 260 g/mol. The molecule has 1 heterocycles. The zero-order valence-corrected chi connectivity index (χ0v) is 10.5. The fraction of sp³-hybridized carbons (Fsp3) is 0.364. The molecular formula is C11H10Cl2OS. The second-order valence-electron chi connectivity index (χ2n) is 3.66. The molecule has 0 aromatic heterocycles. The Kier molecular flexibility index (Phi) is 3.29. The van der Waals surface area contributed by atoms with Gasteiger partial charge in [0.2, 0.25) is 0 Å². The Balaban J connectivity index is 2.62. The second kappa shape index (κ2) is 4.36. The van der Waals surface area contributed by atoms with Gasteiger partial charge in [0.05, 0.1) is 5.02 Å². The van der Waals surface area contributed by atoms with Crippen LogP contribution < -0.4 is 0 Å². The average molecular weight is 261 g/mol. The van der Waals surface area contributed by atoms with Crippen molar-refractivity contribution < 1.29 is 4.79 Å². The highest BCUT2D eigenvalue weighted by Crippen LogP contribution is 2.35. The first-order valence-electron chi connectivity index (χ1n) is 4.70. The second-order valence-corrected chi connectivity index (χ2v) is 5.51. The molecule has 0 radical (unpaired) electrons. The molecule has 1 aliphatic rings. The summed E-state index contributed by atoms with van der Waals surface area (Å²) in [5.74, 6) is 1.74. The van der Waals surface area contributed by atoms with E-state index in [4.69, 9.17) is 23.2 Å². The van der Waals surface area contributed by atoms with Crippen LogP contribution >= 0.6 is 35.0 Å². The molecule has 80 valence electrons. The van der Waals surface area contributed by atoms with Crippen LogP contribution in [0, 0.1) is 5.92 Å². The Bertz CT molecular complexity index is 417. The van der Waals surface area contributed by atoms with Crippen molar-refractivity contribution >= 4 is 40.7 Å². The molecule has 0 fully saturated rings. The topological polar surface area (TPSA) is 17.1 Å². The van der Waals surface area contributed by atoms with Crippen LogP contribution in [0.2, 0.25) is 10.0 Å². The lowest BCUT2D eigenvalue weighted by Gasteiger charge is -2.10. The van der Waals surface area contributed by atoms with E-state index in [1.807, 2.05) is 6.92 Å². The van der Waals surface area contributed by atoms with Crippen LogP contribution in [0.25, 0.3) is 0 Å². The van der Waals surface area contributed by atoms with Gasteiger partial charge in [-0.05, 0) is 17.7 Å². The van der Waals surface area contributed by atoms with E-state index >= 15 is 0 Å². The number of ketones is 1. The van der Waals surface area contributed by atoms with Gasteiger partial charge in [-0.3, -0.25) is 4.79 Å². The first-order chi connectivity index (χ1) is 7.11. The highest BCUT2D eigenvalue weighted by molar-refractivity contribution is 7.98. The first kappa shape index (κ1) is 11.3. The van der Waals surface area contributed by atoms with Gasteiger partial charge in [-0.15, -0.1) is 0 Å². The van der Waals surface area contributed by atoms with Gasteiger partial charge in [-0.2, -0.15) is 11.8 Å². The fourth-order valence-electron chi connectivity index (χ4n) is 1.66. The molecule has 0 aliphatic carbocycles. The van der Waals surface area contributed by atoms with Gasteiger partial charge >= 0.3 is 0 Å². The number of Topliss-reactive ketones (excluding diaryl/α,β-unsaturated/α-hetero) is 1. The van der Waals surface area contributed by atoms with E-state index in [9.17, 15) is 4.79 Å². The standard InChI is InChI=1S/C11H10Cl2OS/c1-6-4-15-5-7-8(12)2-3-9(13)10(7)11(6)14/h2-3,6H,4-5H2,1H3. The zero-order valence-electron chi connectivity index (χ0n) is 8.22. The number of hydrogen-bond acceptors (Lipinski definition) is 2. The number of carbonyl (C=O) groups excluding carboxylic acids is 1. The number of benzene rings is 1. The number of thioether (sulfide) groups is 1. The van der Waals surface area contributed by atoms with Crippen LogP contribution in [0.15, 0.2) is 12.1 Å². The van der Waals surface area contributed by atoms with E-state index in [1.165, 1.54) is 0 Å². The predicted molar refractivity (Wildman–Crippen MR) is 66.1 cm³/mol. The van der Waals surface area contributed by atoms with E-state index in [0.717, 1.165) is 17.1 Å². The lowest BCUT2D eigenvalue weighted by molar-refractivity contribution is 0.0942. The molecule has 1 nitrogen and oxygen atoms in total. The molecular weight excluding hydrogens is 251 g/mol. The summed E-state index contributed by atoms with van der Waals surface area (Å²) in [5, 5.41) is 1.16. The van der Waals surface area contributed by atoms with E-state index in [2.05, 4.69) is 0 Å². The Morgan fingerprint density at radius 2 is 2.00 bits per heavy atom. The Morgan fingerprint density at radius 3 is 2.73 bits per heavy atom.